The molecular weight excluding hydrogens is 442 g/mol. The molecule has 1 N–H and O–H groups in total. The average molecular weight is 465 g/mol. The zero-order chi connectivity index (χ0) is 24.8. The minimum Gasteiger partial charge on any atom is -0.493 e. The summed E-state index contributed by atoms with van der Waals surface area (Å²) in [5, 5.41) is 19.0. The fourth-order valence-electron chi connectivity index (χ4n) is 3.15. The van der Waals surface area contributed by atoms with Crippen molar-refractivity contribution in [2.45, 2.75) is 27.3 Å². The molecule has 3 aromatic rings. The summed E-state index contributed by atoms with van der Waals surface area (Å²) in [6, 6.07) is 11.8. The van der Waals surface area contributed by atoms with Crippen molar-refractivity contribution in [3.63, 3.8) is 0 Å². The number of aromatic nitrogens is 2. The van der Waals surface area contributed by atoms with E-state index in [1.807, 2.05) is 19.1 Å². The molecule has 176 valence electrons. The third kappa shape index (κ3) is 5.63. The molecule has 11 nitrogen and oxygen atoms in total. The van der Waals surface area contributed by atoms with Gasteiger partial charge in [0, 0.05) is 0 Å². The third-order valence-electron chi connectivity index (χ3n) is 4.90. The van der Waals surface area contributed by atoms with Gasteiger partial charge in [0.05, 0.1) is 23.8 Å². The molecule has 0 aliphatic heterocycles. The lowest BCUT2D eigenvalue weighted by atomic mass is 10.1. The quantitative estimate of drug-likeness (QED) is 0.177. The van der Waals surface area contributed by atoms with Crippen LogP contribution in [0.5, 0.6) is 11.5 Å². The van der Waals surface area contributed by atoms with E-state index in [-0.39, 0.29) is 29.4 Å². The number of hydrazone groups is 1. The van der Waals surface area contributed by atoms with Crippen molar-refractivity contribution >= 4 is 23.8 Å². The number of nitrogens with zero attached hydrogens (tertiary/aromatic N) is 4. The summed E-state index contributed by atoms with van der Waals surface area (Å²) < 4.78 is 12.0. The number of carbonyl (C=O) groups excluding carboxylic acids is 2. The Morgan fingerprint density at radius 1 is 1.15 bits per heavy atom. The molecule has 0 unspecified atom stereocenters. The zero-order valence-corrected chi connectivity index (χ0v) is 19.1. The lowest BCUT2D eigenvalue weighted by molar-refractivity contribution is -0.386. The monoisotopic (exact) mass is 465 g/mol. The van der Waals surface area contributed by atoms with Crippen LogP contribution in [0.2, 0.25) is 0 Å². The number of carbonyl (C=O) groups is 2. The maximum Gasteiger partial charge on any atom is 0.343 e. The van der Waals surface area contributed by atoms with Crippen LogP contribution in [0.25, 0.3) is 0 Å². The first-order chi connectivity index (χ1) is 16.2. The summed E-state index contributed by atoms with van der Waals surface area (Å²) >= 11 is 0. The Bertz CT molecular complexity index is 1260. The topological polar surface area (TPSA) is 138 Å². The van der Waals surface area contributed by atoms with Gasteiger partial charge in [0.1, 0.15) is 17.9 Å². The summed E-state index contributed by atoms with van der Waals surface area (Å²) in [4.78, 5) is 35.1. The number of aryl methyl sites for hydroxylation is 2. The summed E-state index contributed by atoms with van der Waals surface area (Å²) in [6.45, 7) is 4.72. The molecule has 0 bridgehead atoms. The first-order valence-corrected chi connectivity index (χ1v) is 10.2. The highest BCUT2D eigenvalue weighted by molar-refractivity contribution is 5.91. The summed E-state index contributed by atoms with van der Waals surface area (Å²) in [7, 11) is 1.44. The fourth-order valence-corrected chi connectivity index (χ4v) is 3.15. The molecule has 1 amide bonds. The maximum atomic E-state index is 12.4. The van der Waals surface area contributed by atoms with Crippen molar-refractivity contribution in [2.75, 3.05) is 7.11 Å². The Morgan fingerprint density at radius 2 is 1.85 bits per heavy atom. The van der Waals surface area contributed by atoms with Gasteiger partial charge in [0.15, 0.2) is 11.5 Å². The van der Waals surface area contributed by atoms with Gasteiger partial charge in [-0.05, 0) is 56.7 Å². The highest BCUT2D eigenvalue weighted by atomic mass is 16.6. The molecule has 11 heteroatoms. The minimum absolute atomic E-state index is 0.119. The second-order valence-corrected chi connectivity index (χ2v) is 7.39. The van der Waals surface area contributed by atoms with Gasteiger partial charge in [-0.25, -0.2) is 10.2 Å². The molecule has 0 radical (unpaired) electrons. The van der Waals surface area contributed by atoms with Crippen LogP contribution in [0, 0.1) is 30.9 Å². The normalized spacial score (nSPS) is 10.8. The van der Waals surface area contributed by atoms with Gasteiger partial charge in [-0.15, -0.1) is 0 Å². The largest absolute Gasteiger partial charge is 0.493 e. The highest BCUT2D eigenvalue weighted by Gasteiger charge is 2.22. The van der Waals surface area contributed by atoms with Crippen molar-refractivity contribution < 1.29 is 24.0 Å². The first-order valence-electron chi connectivity index (χ1n) is 10.2. The first kappa shape index (κ1) is 24.1. The molecule has 0 aliphatic rings. The number of hydrogen-bond donors (Lipinski definition) is 1. The van der Waals surface area contributed by atoms with E-state index in [0.29, 0.717) is 16.9 Å². The van der Waals surface area contributed by atoms with Gasteiger partial charge < -0.3 is 9.47 Å². The second kappa shape index (κ2) is 10.4. The van der Waals surface area contributed by atoms with E-state index in [2.05, 4.69) is 15.6 Å². The van der Waals surface area contributed by atoms with E-state index < -0.39 is 16.8 Å². The van der Waals surface area contributed by atoms with Crippen LogP contribution in [0.1, 0.15) is 32.9 Å². The standard InChI is InChI=1S/C23H23N5O6/c1-14-5-8-18(9-6-14)23(30)34-19-10-7-17(11-20(19)33-4)12-24-25-21(29)13-27-16(3)22(28(31)32)15(2)26-27/h5-12H,13H2,1-4H3,(H,25,29). The van der Waals surface area contributed by atoms with Crippen molar-refractivity contribution in [1.29, 1.82) is 0 Å². The van der Waals surface area contributed by atoms with Crippen LogP contribution in [0.15, 0.2) is 47.6 Å². The number of nitro groups is 1. The molecule has 0 aliphatic carbocycles. The van der Waals surface area contributed by atoms with E-state index >= 15 is 0 Å². The molecular formula is C23H23N5O6. The number of benzene rings is 2. The Hall–Kier alpha value is -4.54. The summed E-state index contributed by atoms with van der Waals surface area (Å²) in [6.07, 6.45) is 1.38. The van der Waals surface area contributed by atoms with Crippen LogP contribution in [0.3, 0.4) is 0 Å². The number of ether oxygens (including phenoxy) is 2. The number of hydrogen-bond acceptors (Lipinski definition) is 8. The molecule has 2 aromatic carbocycles. The predicted octanol–water partition coefficient (Wildman–Crippen LogP) is 3.09. The van der Waals surface area contributed by atoms with Crippen molar-refractivity contribution in [3.8, 4) is 11.5 Å². The van der Waals surface area contributed by atoms with Gasteiger partial charge in [0.25, 0.3) is 5.91 Å². The number of rotatable bonds is 8. The SMILES string of the molecule is COc1cc(C=NNC(=O)Cn2nc(C)c([N+](=O)[O-])c2C)ccc1OC(=O)c1ccc(C)cc1. The molecule has 0 fully saturated rings. The summed E-state index contributed by atoms with van der Waals surface area (Å²) in [5.74, 6) is -0.477. The number of amides is 1. The lowest BCUT2D eigenvalue weighted by Crippen LogP contribution is -2.24. The van der Waals surface area contributed by atoms with Gasteiger partial charge in [0.2, 0.25) is 0 Å². The van der Waals surface area contributed by atoms with Gasteiger partial charge in [-0.3, -0.25) is 19.6 Å². The van der Waals surface area contributed by atoms with Crippen molar-refractivity contribution in [3.05, 3.63) is 80.7 Å². The van der Waals surface area contributed by atoms with Crippen molar-refractivity contribution in [1.82, 2.24) is 15.2 Å². The zero-order valence-electron chi connectivity index (χ0n) is 19.1. The van der Waals surface area contributed by atoms with E-state index in [1.54, 1.807) is 30.3 Å². The van der Waals surface area contributed by atoms with E-state index in [9.17, 15) is 19.7 Å². The van der Waals surface area contributed by atoms with Gasteiger partial charge in [-0.2, -0.15) is 10.2 Å². The highest BCUT2D eigenvalue weighted by Crippen LogP contribution is 2.28. The Morgan fingerprint density at radius 3 is 2.47 bits per heavy atom. The molecule has 1 aromatic heterocycles. The van der Waals surface area contributed by atoms with Gasteiger partial charge in [-0.1, -0.05) is 17.7 Å². The maximum absolute atomic E-state index is 12.4. The van der Waals surface area contributed by atoms with Gasteiger partial charge >= 0.3 is 11.7 Å². The fraction of sp³-hybridized carbons (Fsp3) is 0.217. The molecule has 34 heavy (non-hydrogen) atoms. The molecule has 0 spiro atoms. The molecule has 0 saturated heterocycles. The Labute approximate surface area is 195 Å². The lowest BCUT2D eigenvalue weighted by Gasteiger charge is -2.10. The van der Waals surface area contributed by atoms with E-state index in [0.717, 1.165) is 5.56 Å². The van der Waals surface area contributed by atoms with E-state index in [4.69, 9.17) is 9.47 Å². The number of esters is 1. The average Bonchev–Trinajstić information content (AvgIpc) is 3.07. The molecule has 0 atom stereocenters. The number of nitrogens with one attached hydrogen (secondary N) is 1. The molecule has 3 rings (SSSR count). The van der Waals surface area contributed by atoms with E-state index in [1.165, 1.54) is 31.9 Å². The van der Waals surface area contributed by atoms with Crippen LogP contribution in [0.4, 0.5) is 5.69 Å². The Kier molecular flexibility index (Phi) is 7.36. The minimum atomic E-state index is -0.528. The Balaban J connectivity index is 1.63. The summed E-state index contributed by atoms with van der Waals surface area (Å²) in [5.41, 5.74) is 4.76. The van der Waals surface area contributed by atoms with Crippen LogP contribution >= 0.6 is 0 Å². The van der Waals surface area contributed by atoms with Crippen LogP contribution in [-0.2, 0) is 11.3 Å². The van der Waals surface area contributed by atoms with Crippen LogP contribution < -0.4 is 14.9 Å². The van der Waals surface area contributed by atoms with Crippen LogP contribution in [-0.4, -0.2) is 39.9 Å². The molecule has 0 saturated carbocycles. The second-order valence-electron chi connectivity index (χ2n) is 7.39. The smallest absolute Gasteiger partial charge is 0.343 e. The molecule has 1 heterocycles. The van der Waals surface area contributed by atoms with Crippen molar-refractivity contribution in [2.24, 2.45) is 5.10 Å². The number of methoxy groups -OCH3 is 1. The third-order valence-corrected chi connectivity index (χ3v) is 4.90. The predicted molar refractivity (Wildman–Crippen MR) is 123 cm³/mol.